The molecule has 0 aromatic heterocycles. The smallest absolute Gasteiger partial charge is 0.251 e. The fraction of sp³-hybridized carbons (Fsp3) is 0.444. The summed E-state index contributed by atoms with van der Waals surface area (Å²) in [4.78, 5) is 33.5. The standard InChI is InChI=1S/C36H48N4O3/c1-3-20-40(21-4-2)36(42)34(37-35(41)32-14-9-6-10-15-32)28-30-16-18-33(19-17-30)43-27-11-22-38-23-25-39(26-24-38)29-31-12-7-5-8-13-31/h5-10,12-19,34H,3-4,11,20-29H2,1-2H3,(H,37,41)/t34-/m0/s1. The van der Waals surface area contributed by atoms with Gasteiger partial charge in [-0.25, -0.2) is 0 Å². The summed E-state index contributed by atoms with van der Waals surface area (Å²) in [6.45, 7) is 12.6. The van der Waals surface area contributed by atoms with Crippen molar-refractivity contribution >= 4 is 11.8 Å². The first-order valence-electron chi connectivity index (χ1n) is 15.9. The Balaban J connectivity index is 1.24. The topological polar surface area (TPSA) is 65.1 Å². The number of nitrogens with one attached hydrogen (secondary N) is 1. The van der Waals surface area contributed by atoms with Crippen molar-refractivity contribution in [2.75, 3.05) is 52.4 Å². The van der Waals surface area contributed by atoms with E-state index in [1.165, 1.54) is 5.56 Å². The van der Waals surface area contributed by atoms with Crippen LogP contribution in [0.2, 0.25) is 0 Å². The van der Waals surface area contributed by atoms with E-state index in [4.69, 9.17) is 4.74 Å². The summed E-state index contributed by atoms with van der Waals surface area (Å²) < 4.78 is 6.05. The number of carbonyl (C=O) groups excluding carboxylic acids is 2. The van der Waals surface area contributed by atoms with Crippen LogP contribution in [0.15, 0.2) is 84.9 Å². The van der Waals surface area contributed by atoms with Crippen LogP contribution in [0.1, 0.15) is 54.6 Å². The minimum atomic E-state index is -0.634. The van der Waals surface area contributed by atoms with E-state index in [0.717, 1.165) is 69.8 Å². The Hall–Kier alpha value is -3.68. The average Bonchev–Trinajstić information content (AvgIpc) is 3.04. The highest BCUT2D eigenvalue weighted by molar-refractivity contribution is 5.97. The highest BCUT2D eigenvalue weighted by Crippen LogP contribution is 2.16. The first-order chi connectivity index (χ1) is 21.1. The molecule has 0 aliphatic carbocycles. The van der Waals surface area contributed by atoms with E-state index >= 15 is 0 Å². The van der Waals surface area contributed by atoms with Gasteiger partial charge in [-0.05, 0) is 54.7 Å². The van der Waals surface area contributed by atoms with Crippen molar-refractivity contribution in [2.24, 2.45) is 0 Å². The maximum absolute atomic E-state index is 13.5. The second-order valence-corrected chi connectivity index (χ2v) is 11.4. The molecular formula is C36H48N4O3. The largest absolute Gasteiger partial charge is 0.494 e. The number of rotatable bonds is 16. The van der Waals surface area contributed by atoms with Gasteiger partial charge in [0.05, 0.1) is 6.61 Å². The number of hydrogen-bond donors (Lipinski definition) is 1. The van der Waals surface area contributed by atoms with Gasteiger partial charge >= 0.3 is 0 Å². The second kappa shape index (κ2) is 17.4. The summed E-state index contributed by atoms with van der Waals surface area (Å²) >= 11 is 0. The monoisotopic (exact) mass is 584 g/mol. The summed E-state index contributed by atoms with van der Waals surface area (Å²) in [6, 6.07) is 27.1. The summed E-state index contributed by atoms with van der Waals surface area (Å²) in [7, 11) is 0. The minimum Gasteiger partial charge on any atom is -0.494 e. The summed E-state index contributed by atoms with van der Waals surface area (Å²) in [5.74, 6) is 0.560. The molecule has 1 heterocycles. The van der Waals surface area contributed by atoms with E-state index in [2.05, 4.69) is 59.3 Å². The van der Waals surface area contributed by atoms with Gasteiger partial charge in [-0.2, -0.15) is 0 Å². The van der Waals surface area contributed by atoms with Crippen molar-refractivity contribution in [2.45, 2.75) is 52.1 Å². The Morgan fingerprint density at radius 1 is 0.791 bits per heavy atom. The molecule has 3 aromatic rings. The van der Waals surface area contributed by atoms with E-state index in [1.807, 2.05) is 47.4 Å². The zero-order valence-corrected chi connectivity index (χ0v) is 25.9. The quantitative estimate of drug-likeness (QED) is 0.233. The molecule has 230 valence electrons. The molecular weight excluding hydrogens is 536 g/mol. The Morgan fingerprint density at radius 2 is 1.40 bits per heavy atom. The lowest BCUT2D eigenvalue weighted by Crippen LogP contribution is -2.50. The van der Waals surface area contributed by atoms with Gasteiger partial charge in [-0.1, -0.05) is 74.5 Å². The van der Waals surface area contributed by atoms with Crippen molar-refractivity contribution in [1.82, 2.24) is 20.0 Å². The molecule has 3 aromatic carbocycles. The van der Waals surface area contributed by atoms with Crippen molar-refractivity contribution < 1.29 is 14.3 Å². The predicted molar refractivity (Wildman–Crippen MR) is 173 cm³/mol. The molecule has 2 amide bonds. The number of benzene rings is 3. The number of carbonyl (C=O) groups is 2. The van der Waals surface area contributed by atoms with Crippen LogP contribution in [0.25, 0.3) is 0 Å². The van der Waals surface area contributed by atoms with Crippen LogP contribution in [0.5, 0.6) is 5.75 Å². The molecule has 0 spiro atoms. The predicted octanol–water partition coefficient (Wildman–Crippen LogP) is 5.26. The Morgan fingerprint density at radius 3 is 2.02 bits per heavy atom. The first kappa shape index (κ1) is 32.2. The highest BCUT2D eigenvalue weighted by Gasteiger charge is 2.26. The molecule has 43 heavy (non-hydrogen) atoms. The summed E-state index contributed by atoms with van der Waals surface area (Å²) in [5.41, 5.74) is 2.92. The maximum Gasteiger partial charge on any atom is 0.251 e. The van der Waals surface area contributed by atoms with Crippen molar-refractivity contribution in [3.8, 4) is 5.75 Å². The molecule has 7 heteroatoms. The van der Waals surface area contributed by atoms with Crippen LogP contribution in [0, 0.1) is 0 Å². The lowest BCUT2D eigenvalue weighted by atomic mass is 10.0. The lowest BCUT2D eigenvalue weighted by molar-refractivity contribution is -0.133. The van der Waals surface area contributed by atoms with Crippen LogP contribution in [-0.2, 0) is 17.8 Å². The molecule has 4 rings (SSSR count). The van der Waals surface area contributed by atoms with Gasteiger partial charge in [-0.15, -0.1) is 0 Å². The zero-order chi connectivity index (χ0) is 30.3. The third-order valence-corrected chi connectivity index (χ3v) is 7.90. The van der Waals surface area contributed by atoms with Gasteiger partial charge in [0.2, 0.25) is 5.91 Å². The van der Waals surface area contributed by atoms with Gasteiger partial charge in [0, 0.05) is 64.3 Å². The van der Waals surface area contributed by atoms with E-state index in [-0.39, 0.29) is 11.8 Å². The molecule has 1 aliphatic rings. The molecule has 0 saturated carbocycles. The van der Waals surface area contributed by atoms with Crippen LogP contribution in [0.3, 0.4) is 0 Å². The average molecular weight is 585 g/mol. The number of piperazine rings is 1. The molecule has 1 N–H and O–H groups in total. The van der Waals surface area contributed by atoms with E-state index < -0.39 is 6.04 Å². The van der Waals surface area contributed by atoms with Crippen molar-refractivity contribution in [3.63, 3.8) is 0 Å². The highest BCUT2D eigenvalue weighted by atomic mass is 16.5. The number of hydrogen-bond acceptors (Lipinski definition) is 5. The molecule has 1 aliphatic heterocycles. The molecule has 1 saturated heterocycles. The van der Waals surface area contributed by atoms with Crippen LogP contribution >= 0.6 is 0 Å². The molecule has 7 nitrogen and oxygen atoms in total. The minimum absolute atomic E-state index is 0.0331. The van der Waals surface area contributed by atoms with Crippen molar-refractivity contribution in [1.29, 1.82) is 0 Å². The molecule has 0 radical (unpaired) electrons. The number of nitrogens with zero attached hydrogens (tertiary/aromatic N) is 3. The number of ether oxygens (including phenoxy) is 1. The normalized spacial score (nSPS) is 14.7. The maximum atomic E-state index is 13.5. The molecule has 1 fully saturated rings. The molecule has 1 atom stereocenters. The Kier molecular flexibility index (Phi) is 13.1. The van der Waals surface area contributed by atoms with Gasteiger partial charge in [0.25, 0.3) is 5.91 Å². The first-order valence-corrected chi connectivity index (χ1v) is 15.9. The molecule has 0 unspecified atom stereocenters. The lowest BCUT2D eigenvalue weighted by Gasteiger charge is -2.34. The fourth-order valence-electron chi connectivity index (χ4n) is 5.57. The van der Waals surface area contributed by atoms with Gasteiger partial charge < -0.3 is 19.9 Å². The Bertz CT molecular complexity index is 1220. The SMILES string of the molecule is CCCN(CCC)C(=O)[C@H](Cc1ccc(OCCCN2CCN(Cc3ccccc3)CC2)cc1)NC(=O)c1ccccc1. The second-order valence-electron chi connectivity index (χ2n) is 11.4. The Labute approximate surface area is 257 Å². The zero-order valence-electron chi connectivity index (χ0n) is 25.9. The molecule has 0 bridgehead atoms. The van der Waals surface area contributed by atoms with E-state index in [9.17, 15) is 9.59 Å². The van der Waals surface area contributed by atoms with E-state index in [1.54, 1.807) is 12.1 Å². The van der Waals surface area contributed by atoms with Crippen LogP contribution in [0.4, 0.5) is 0 Å². The van der Waals surface area contributed by atoms with Gasteiger partial charge in [0.15, 0.2) is 0 Å². The number of amides is 2. The third-order valence-electron chi connectivity index (χ3n) is 7.90. The van der Waals surface area contributed by atoms with Crippen molar-refractivity contribution in [3.05, 3.63) is 102 Å². The van der Waals surface area contributed by atoms with E-state index in [0.29, 0.717) is 31.7 Å². The van der Waals surface area contributed by atoms with Crippen LogP contribution < -0.4 is 10.1 Å². The fourth-order valence-corrected chi connectivity index (χ4v) is 5.57. The van der Waals surface area contributed by atoms with Crippen LogP contribution in [-0.4, -0.2) is 85.0 Å². The summed E-state index contributed by atoms with van der Waals surface area (Å²) in [6.07, 6.45) is 3.16. The van der Waals surface area contributed by atoms with Gasteiger partial charge in [-0.3, -0.25) is 14.5 Å². The third kappa shape index (κ3) is 10.5. The summed E-state index contributed by atoms with van der Waals surface area (Å²) in [5, 5.41) is 3.01. The van der Waals surface area contributed by atoms with Gasteiger partial charge in [0.1, 0.15) is 11.8 Å².